The fourth-order valence-corrected chi connectivity index (χ4v) is 2.96. The molecular weight excluding hydrogens is 280 g/mol. The molecule has 0 spiro atoms. The van der Waals surface area contributed by atoms with Gasteiger partial charge in [0.25, 0.3) is 5.69 Å². The molecule has 2 atom stereocenters. The summed E-state index contributed by atoms with van der Waals surface area (Å²) in [7, 11) is 0. The maximum atomic E-state index is 11.0. The largest absolute Gasteiger partial charge is 0.391 e. The third-order valence-corrected chi connectivity index (χ3v) is 4.14. The Morgan fingerprint density at radius 2 is 2.00 bits per heavy atom. The van der Waals surface area contributed by atoms with Crippen LogP contribution in [-0.4, -0.2) is 16.1 Å². The van der Waals surface area contributed by atoms with Crippen LogP contribution < -0.4 is 5.32 Å². The smallest absolute Gasteiger partial charge is 0.269 e. The van der Waals surface area contributed by atoms with E-state index in [1.807, 2.05) is 30.3 Å². The number of benzene rings is 2. The summed E-state index contributed by atoms with van der Waals surface area (Å²) in [5.74, 6) is 0. The van der Waals surface area contributed by atoms with Crippen molar-refractivity contribution in [3.8, 4) is 0 Å². The summed E-state index contributed by atoms with van der Waals surface area (Å²) in [5.41, 5.74) is 3.09. The zero-order valence-electron chi connectivity index (χ0n) is 12.1. The van der Waals surface area contributed by atoms with E-state index in [9.17, 15) is 15.2 Å². The van der Waals surface area contributed by atoms with Gasteiger partial charge in [0.1, 0.15) is 0 Å². The van der Waals surface area contributed by atoms with Crippen molar-refractivity contribution in [1.82, 2.24) is 5.32 Å². The average molecular weight is 298 g/mol. The van der Waals surface area contributed by atoms with E-state index < -0.39 is 11.0 Å². The predicted octanol–water partition coefficient (Wildman–Crippen LogP) is 2.73. The molecule has 0 aromatic heterocycles. The summed E-state index contributed by atoms with van der Waals surface area (Å²) in [5, 5.41) is 24.6. The van der Waals surface area contributed by atoms with Crippen molar-refractivity contribution >= 4 is 5.69 Å². The van der Waals surface area contributed by atoms with E-state index >= 15 is 0 Å². The maximum Gasteiger partial charge on any atom is 0.269 e. The highest BCUT2D eigenvalue weighted by atomic mass is 16.6. The first kappa shape index (κ1) is 14.7. The van der Waals surface area contributed by atoms with Crippen LogP contribution in [0.4, 0.5) is 5.69 Å². The zero-order valence-corrected chi connectivity index (χ0v) is 12.1. The molecule has 0 saturated carbocycles. The topological polar surface area (TPSA) is 75.4 Å². The molecule has 0 saturated heterocycles. The van der Waals surface area contributed by atoms with Crippen molar-refractivity contribution in [2.45, 2.75) is 31.5 Å². The van der Waals surface area contributed by atoms with Crippen molar-refractivity contribution in [2.24, 2.45) is 0 Å². The van der Waals surface area contributed by atoms with Crippen molar-refractivity contribution in [1.29, 1.82) is 0 Å². The minimum Gasteiger partial charge on any atom is -0.391 e. The lowest BCUT2D eigenvalue weighted by Gasteiger charge is -2.31. The lowest BCUT2D eigenvalue weighted by Crippen LogP contribution is -2.35. The number of rotatable bonds is 4. The molecule has 3 rings (SSSR count). The fraction of sp³-hybridized carbons (Fsp3) is 0.294. The van der Waals surface area contributed by atoms with Crippen LogP contribution in [0.5, 0.6) is 0 Å². The molecule has 5 heteroatoms. The van der Waals surface area contributed by atoms with Gasteiger partial charge in [-0.05, 0) is 29.5 Å². The molecule has 0 unspecified atom stereocenters. The van der Waals surface area contributed by atoms with E-state index in [0.29, 0.717) is 13.0 Å². The highest BCUT2D eigenvalue weighted by Gasteiger charge is 2.29. The van der Waals surface area contributed by atoms with Gasteiger partial charge in [0.2, 0.25) is 0 Å². The lowest BCUT2D eigenvalue weighted by atomic mass is 9.85. The standard InChI is InChI=1S/C17H18N2O3/c20-16-9-7-13-6-8-14(19(21)22)10-15(13)17(16)18-11-12-4-2-1-3-5-12/h1-6,8,10,16-18,20H,7,9,11H2/t16-,17-/m1/s1. The molecule has 0 heterocycles. The number of aryl methyl sites for hydroxylation is 1. The Morgan fingerprint density at radius 3 is 2.73 bits per heavy atom. The number of nitro groups is 1. The van der Waals surface area contributed by atoms with E-state index in [0.717, 1.165) is 23.1 Å². The van der Waals surface area contributed by atoms with Crippen LogP contribution >= 0.6 is 0 Å². The zero-order chi connectivity index (χ0) is 15.5. The second kappa shape index (κ2) is 6.25. The molecule has 0 fully saturated rings. The lowest BCUT2D eigenvalue weighted by molar-refractivity contribution is -0.385. The van der Waals surface area contributed by atoms with Gasteiger partial charge >= 0.3 is 0 Å². The van der Waals surface area contributed by atoms with Gasteiger partial charge in [-0.15, -0.1) is 0 Å². The van der Waals surface area contributed by atoms with E-state index in [-0.39, 0.29) is 11.7 Å². The second-order valence-electron chi connectivity index (χ2n) is 5.59. The SMILES string of the molecule is O=[N+]([O-])c1ccc2c(c1)[C@@H](NCc1ccccc1)[C@H](O)CC2. The first-order chi connectivity index (χ1) is 10.6. The normalized spacial score (nSPS) is 20.4. The number of hydrogen-bond donors (Lipinski definition) is 2. The summed E-state index contributed by atoms with van der Waals surface area (Å²) in [6, 6.07) is 14.6. The Kier molecular flexibility index (Phi) is 4.18. The molecule has 2 aromatic carbocycles. The molecular formula is C17H18N2O3. The van der Waals surface area contributed by atoms with Crippen molar-refractivity contribution in [3.63, 3.8) is 0 Å². The Morgan fingerprint density at radius 1 is 1.23 bits per heavy atom. The molecule has 0 amide bonds. The summed E-state index contributed by atoms with van der Waals surface area (Å²) >= 11 is 0. The third-order valence-electron chi connectivity index (χ3n) is 4.14. The van der Waals surface area contributed by atoms with E-state index in [1.54, 1.807) is 12.1 Å². The summed E-state index contributed by atoms with van der Waals surface area (Å²) in [6.07, 6.45) is 0.883. The van der Waals surface area contributed by atoms with Crippen LogP contribution in [0.25, 0.3) is 0 Å². The van der Waals surface area contributed by atoms with E-state index in [4.69, 9.17) is 0 Å². The highest BCUT2D eigenvalue weighted by molar-refractivity contribution is 5.43. The predicted molar refractivity (Wildman–Crippen MR) is 83.4 cm³/mol. The number of fused-ring (bicyclic) bond motifs is 1. The molecule has 22 heavy (non-hydrogen) atoms. The van der Waals surface area contributed by atoms with E-state index in [2.05, 4.69) is 5.32 Å². The second-order valence-corrected chi connectivity index (χ2v) is 5.59. The number of nitrogens with zero attached hydrogens (tertiary/aromatic N) is 1. The van der Waals surface area contributed by atoms with Crippen molar-refractivity contribution in [2.75, 3.05) is 0 Å². The van der Waals surface area contributed by atoms with Gasteiger partial charge in [-0.3, -0.25) is 10.1 Å². The number of nitro benzene ring substituents is 1. The monoisotopic (exact) mass is 298 g/mol. The van der Waals surface area contributed by atoms with E-state index in [1.165, 1.54) is 6.07 Å². The number of hydrogen-bond acceptors (Lipinski definition) is 4. The molecule has 114 valence electrons. The molecule has 5 nitrogen and oxygen atoms in total. The van der Waals surface area contributed by atoms with Gasteiger partial charge in [-0.25, -0.2) is 0 Å². The van der Waals surface area contributed by atoms with Crippen LogP contribution in [0.1, 0.15) is 29.2 Å². The van der Waals surface area contributed by atoms with Crippen LogP contribution in [-0.2, 0) is 13.0 Å². The Balaban J connectivity index is 1.85. The summed E-state index contributed by atoms with van der Waals surface area (Å²) in [4.78, 5) is 10.6. The molecule has 0 radical (unpaired) electrons. The number of aliphatic hydroxyl groups excluding tert-OH is 1. The van der Waals surface area contributed by atoms with Gasteiger partial charge in [-0.2, -0.15) is 0 Å². The number of nitrogens with one attached hydrogen (secondary N) is 1. The minimum atomic E-state index is -0.529. The third kappa shape index (κ3) is 3.00. The van der Waals surface area contributed by atoms with Gasteiger partial charge in [0, 0.05) is 18.7 Å². The Bertz CT molecular complexity index is 673. The molecule has 0 aliphatic heterocycles. The minimum absolute atomic E-state index is 0.0689. The first-order valence-electron chi connectivity index (χ1n) is 7.38. The van der Waals surface area contributed by atoms with Crippen LogP contribution in [0.15, 0.2) is 48.5 Å². The summed E-state index contributed by atoms with van der Waals surface area (Å²) < 4.78 is 0. The number of aliphatic hydroxyl groups is 1. The van der Waals surface area contributed by atoms with Crippen molar-refractivity contribution < 1.29 is 10.0 Å². The quantitative estimate of drug-likeness (QED) is 0.672. The number of non-ortho nitro benzene ring substituents is 1. The average Bonchev–Trinajstić information content (AvgIpc) is 2.54. The summed E-state index contributed by atoms with van der Waals surface area (Å²) in [6.45, 7) is 0.616. The van der Waals surface area contributed by atoms with Gasteiger partial charge in [0.15, 0.2) is 0 Å². The highest BCUT2D eigenvalue weighted by Crippen LogP contribution is 2.32. The molecule has 1 aliphatic carbocycles. The van der Waals surface area contributed by atoms with Gasteiger partial charge < -0.3 is 10.4 Å². The molecule has 2 N–H and O–H groups in total. The van der Waals surface area contributed by atoms with Crippen LogP contribution in [0.2, 0.25) is 0 Å². The first-order valence-corrected chi connectivity index (χ1v) is 7.38. The van der Waals surface area contributed by atoms with Crippen LogP contribution in [0, 0.1) is 10.1 Å². The Hall–Kier alpha value is -2.24. The molecule has 0 bridgehead atoms. The van der Waals surface area contributed by atoms with Crippen molar-refractivity contribution in [3.05, 3.63) is 75.3 Å². The molecule has 1 aliphatic rings. The maximum absolute atomic E-state index is 11.0. The fourth-order valence-electron chi connectivity index (χ4n) is 2.96. The van der Waals surface area contributed by atoms with Gasteiger partial charge in [-0.1, -0.05) is 36.4 Å². The molecule has 2 aromatic rings. The van der Waals surface area contributed by atoms with Gasteiger partial charge in [0.05, 0.1) is 17.1 Å². The Labute approximate surface area is 128 Å². The van der Waals surface area contributed by atoms with Crippen LogP contribution in [0.3, 0.4) is 0 Å².